The molecular formula is C11H14BrClO3S. The first-order valence-electron chi connectivity index (χ1n) is 5.07. The molecule has 0 aliphatic heterocycles. The first kappa shape index (κ1) is 15.0. The second kappa shape index (κ2) is 5.26. The molecule has 0 unspecified atom stereocenters. The van der Waals surface area contributed by atoms with Gasteiger partial charge in [0, 0.05) is 0 Å². The molecule has 6 heteroatoms. The SMILES string of the molecule is CCS(=O)(=O)[C@](Cl)(Br)[C@@H](O)c1ccc(C)cc1. The van der Waals surface area contributed by atoms with Crippen molar-refractivity contribution in [2.24, 2.45) is 0 Å². The van der Waals surface area contributed by atoms with Crippen LogP contribution in [0.3, 0.4) is 0 Å². The van der Waals surface area contributed by atoms with Crippen LogP contribution in [0, 0.1) is 6.92 Å². The zero-order valence-electron chi connectivity index (χ0n) is 9.52. The smallest absolute Gasteiger partial charge is 0.229 e. The van der Waals surface area contributed by atoms with E-state index in [-0.39, 0.29) is 5.75 Å². The molecule has 0 spiro atoms. The van der Waals surface area contributed by atoms with Crippen molar-refractivity contribution >= 4 is 37.4 Å². The predicted octanol–water partition coefficient (Wildman–Crippen LogP) is 2.75. The molecule has 1 aromatic rings. The van der Waals surface area contributed by atoms with Crippen LogP contribution in [-0.2, 0) is 9.84 Å². The van der Waals surface area contributed by atoms with Gasteiger partial charge in [0.1, 0.15) is 6.10 Å². The molecule has 0 fully saturated rings. The molecule has 0 amide bonds. The Morgan fingerprint density at radius 3 is 2.29 bits per heavy atom. The summed E-state index contributed by atoms with van der Waals surface area (Å²) in [7, 11) is -3.62. The van der Waals surface area contributed by atoms with Crippen LogP contribution in [0.25, 0.3) is 0 Å². The molecule has 0 saturated heterocycles. The number of hydrogen-bond acceptors (Lipinski definition) is 3. The van der Waals surface area contributed by atoms with Crippen molar-refractivity contribution in [3.05, 3.63) is 35.4 Å². The highest BCUT2D eigenvalue weighted by Crippen LogP contribution is 2.42. The van der Waals surface area contributed by atoms with Crippen molar-refractivity contribution in [1.82, 2.24) is 0 Å². The largest absolute Gasteiger partial charge is 0.385 e. The molecule has 96 valence electrons. The number of benzene rings is 1. The topological polar surface area (TPSA) is 54.4 Å². The molecule has 0 saturated carbocycles. The van der Waals surface area contributed by atoms with E-state index in [1.165, 1.54) is 6.92 Å². The van der Waals surface area contributed by atoms with Gasteiger partial charge >= 0.3 is 0 Å². The van der Waals surface area contributed by atoms with Crippen LogP contribution in [0.4, 0.5) is 0 Å². The van der Waals surface area contributed by atoms with E-state index in [2.05, 4.69) is 15.9 Å². The van der Waals surface area contributed by atoms with E-state index in [9.17, 15) is 13.5 Å². The molecule has 2 atom stereocenters. The maximum atomic E-state index is 11.8. The Balaban J connectivity index is 3.12. The number of aliphatic hydroxyl groups excluding tert-OH is 1. The first-order chi connectivity index (χ1) is 7.72. The molecule has 17 heavy (non-hydrogen) atoms. The predicted molar refractivity (Wildman–Crippen MR) is 73.1 cm³/mol. The second-order valence-corrected chi connectivity index (χ2v) is 9.28. The van der Waals surface area contributed by atoms with Crippen LogP contribution in [0.15, 0.2) is 24.3 Å². The van der Waals surface area contributed by atoms with Gasteiger partial charge in [0.2, 0.25) is 3.12 Å². The number of sulfone groups is 1. The van der Waals surface area contributed by atoms with Gasteiger partial charge in [-0.2, -0.15) is 0 Å². The number of aryl methyl sites for hydroxylation is 1. The van der Waals surface area contributed by atoms with Gasteiger partial charge in [-0.25, -0.2) is 8.42 Å². The molecular weight excluding hydrogens is 328 g/mol. The number of hydrogen-bond donors (Lipinski definition) is 1. The standard InChI is InChI=1S/C11H14BrClO3S/c1-3-17(15,16)11(12,13)10(14)9-6-4-8(2)5-7-9/h4-7,10,14H,3H2,1-2H3/t10-,11-/m0/s1. The lowest BCUT2D eigenvalue weighted by atomic mass is 10.1. The van der Waals surface area contributed by atoms with Gasteiger partial charge in [0.15, 0.2) is 9.84 Å². The average Bonchev–Trinajstić information content (AvgIpc) is 2.28. The van der Waals surface area contributed by atoms with E-state index in [0.717, 1.165) is 5.56 Å². The maximum Gasteiger partial charge on any atom is 0.229 e. The van der Waals surface area contributed by atoms with Gasteiger partial charge in [-0.05, 0) is 28.4 Å². The van der Waals surface area contributed by atoms with Crippen LogP contribution in [-0.4, -0.2) is 22.4 Å². The Kier molecular flexibility index (Phi) is 4.63. The van der Waals surface area contributed by atoms with Crippen LogP contribution in [0.2, 0.25) is 0 Å². The molecule has 0 aliphatic carbocycles. The van der Waals surface area contributed by atoms with E-state index in [1.807, 2.05) is 6.92 Å². The van der Waals surface area contributed by atoms with Crippen LogP contribution in [0.1, 0.15) is 24.2 Å². The number of halogens is 2. The normalized spacial score (nSPS) is 17.5. The third-order valence-corrected chi connectivity index (χ3v) is 7.14. The van der Waals surface area contributed by atoms with Crippen molar-refractivity contribution in [1.29, 1.82) is 0 Å². The monoisotopic (exact) mass is 340 g/mol. The van der Waals surface area contributed by atoms with Crippen LogP contribution in [0.5, 0.6) is 0 Å². The van der Waals surface area contributed by atoms with E-state index in [0.29, 0.717) is 5.56 Å². The fourth-order valence-corrected chi connectivity index (χ4v) is 3.57. The van der Waals surface area contributed by atoms with Gasteiger partial charge < -0.3 is 5.11 Å². The summed E-state index contributed by atoms with van der Waals surface area (Å²) in [6.45, 7) is 3.39. The summed E-state index contributed by atoms with van der Waals surface area (Å²) in [5, 5.41) is 10.0. The second-order valence-electron chi connectivity index (χ2n) is 3.78. The lowest BCUT2D eigenvalue weighted by molar-refractivity contribution is 0.185. The fraction of sp³-hybridized carbons (Fsp3) is 0.455. The lowest BCUT2D eigenvalue weighted by Gasteiger charge is -2.25. The van der Waals surface area contributed by atoms with E-state index in [1.54, 1.807) is 24.3 Å². The highest BCUT2D eigenvalue weighted by atomic mass is 79.9. The fourth-order valence-electron chi connectivity index (χ4n) is 1.31. The molecule has 1 rings (SSSR count). The van der Waals surface area contributed by atoms with Gasteiger partial charge in [0.25, 0.3) is 0 Å². The van der Waals surface area contributed by atoms with Gasteiger partial charge in [0.05, 0.1) is 5.75 Å². The number of alkyl halides is 2. The molecule has 0 aliphatic rings. The zero-order valence-corrected chi connectivity index (χ0v) is 12.7. The van der Waals surface area contributed by atoms with Crippen molar-refractivity contribution in [3.8, 4) is 0 Å². The molecule has 3 nitrogen and oxygen atoms in total. The molecule has 0 heterocycles. The van der Waals surface area contributed by atoms with Crippen molar-refractivity contribution < 1.29 is 13.5 Å². The maximum absolute atomic E-state index is 11.8. The van der Waals surface area contributed by atoms with Gasteiger partial charge in [-0.1, -0.05) is 48.4 Å². The Morgan fingerprint density at radius 2 is 1.88 bits per heavy atom. The Bertz CT molecular complexity index is 482. The summed E-state index contributed by atoms with van der Waals surface area (Å²) in [6, 6.07) is 6.89. The summed E-state index contributed by atoms with van der Waals surface area (Å²) in [5.74, 6) is -0.148. The minimum Gasteiger partial charge on any atom is -0.385 e. The quantitative estimate of drug-likeness (QED) is 0.857. The van der Waals surface area contributed by atoms with E-state index < -0.39 is 19.1 Å². The summed E-state index contributed by atoms with van der Waals surface area (Å²) in [4.78, 5) is 0. The summed E-state index contributed by atoms with van der Waals surface area (Å²) < 4.78 is 21.6. The van der Waals surface area contributed by atoms with Crippen molar-refractivity contribution in [2.75, 3.05) is 5.75 Å². The Hall–Kier alpha value is -0.100. The number of aliphatic hydroxyl groups is 1. The summed E-state index contributed by atoms with van der Waals surface area (Å²) >= 11 is 8.84. The third-order valence-electron chi connectivity index (χ3n) is 2.51. The lowest BCUT2D eigenvalue weighted by Crippen LogP contribution is -2.34. The van der Waals surface area contributed by atoms with Crippen molar-refractivity contribution in [2.45, 2.75) is 23.1 Å². The Labute approximate surface area is 115 Å². The van der Waals surface area contributed by atoms with Gasteiger partial charge in [-0.3, -0.25) is 0 Å². The molecule has 0 aromatic heterocycles. The Morgan fingerprint density at radius 1 is 1.41 bits per heavy atom. The zero-order chi connectivity index (χ0) is 13.3. The summed E-state index contributed by atoms with van der Waals surface area (Å²) in [5.41, 5.74) is 1.48. The molecule has 1 aromatic carbocycles. The molecule has 0 radical (unpaired) electrons. The van der Waals surface area contributed by atoms with Crippen LogP contribution < -0.4 is 0 Å². The highest BCUT2D eigenvalue weighted by molar-refractivity contribution is 9.12. The van der Waals surface area contributed by atoms with Gasteiger partial charge in [-0.15, -0.1) is 0 Å². The molecule has 1 N–H and O–H groups in total. The third kappa shape index (κ3) is 3.02. The highest BCUT2D eigenvalue weighted by Gasteiger charge is 2.45. The first-order valence-corrected chi connectivity index (χ1v) is 7.89. The average molecular weight is 342 g/mol. The van der Waals surface area contributed by atoms with Crippen LogP contribution >= 0.6 is 27.5 Å². The summed E-state index contributed by atoms with van der Waals surface area (Å²) in [6.07, 6.45) is -1.32. The minimum atomic E-state index is -3.62. The van der Waals surface area contributed by atoms with E-state index >= 15 is 0 Å². The van der Waals surface area contributed by atoms with Crippen molar-refractivity contribution in [3.63, 3.8) is 0 Å². The molecule has 0 bridgehead atoms. The van der Waals surface area contributed by atoms with E-state index in [4.69, 9.17) is 11.6 Å². The number of rotatable bonds is 4. The minimum absolute atomic E-state index is 0.148.